The number of aromatic nitrogens is 3. The highest BCUT2D eigenvalue weighted by Crippen LogP contribution is 2.29. The first-order chi connectivity index (χ1) is 11.2. The summed E-state index contributed by atoms with van der Waals surface area (Å²) in [5, 5.41) is 15.3. The lowest BCUT2D eigenvalue weighted by Crippen LogP contribution is -2.13. The molecule has 0 unspecified atom stereocenters. The molecule has 4 nitrogen and oxygen atoms in total. The van der Waals surface area contributed by atoms with Gasteiger partial charge in [-0.1, -0.05) is 59.2 Å². The van der Waals surface area contributed by atoms with E-state index in [2.05, 4.69) is 10.2 Å². The van der Waals surface area contributed by atoms with E-state index in [-0.39, 0.29) is 0 Å². The van der Waals surface area contributed by atoms with Crippen molar-refractivity contribution in [3.63, 3.8) is 0 Å². The van der Waals surface area contributed by atoms with E-state index in [4.69, 9.17) is 28.3 Å². The minimum absolute atomic E-state index is 0.658. The molecule has 0 bridgehead atoms. The largest absolute Gasteiger partial charge is 0.212 e. The molecule has 7 heteroatoms. The molecule has 4 rings (SSSR count). The van der Waals surface area contributed by atoms with Crippen LogP contribution in [-0.4, -0.2) is 26.3 Å². The number of hydrogen-bond donors (Lipinski definition) is 0. The highest BCUT2D eigenvalue weighted by Gasteiger charge is 2.20. The third-order valence-electron chi connectivity index (χ3n) is 3.43. The van der Waals surface area contributed by atoms with E-state index in [1.165, 1.54) is 0 Å². The van der Waals surface area contributed by atoms with E-state index < -0.39 is 0 Å². The highest BCUT2D eigenvalue weighted by atomic mass is 35.5. The molecule has 0 spiro atoms. The standard InChI is InChI=1S/C16H10Cl2N4S/c17-12-6-4-10(5-7-12)14-9-23-16-20-19-15(22(16)21-14)11-2-1-3-13(18)8-11/h1-8H,9H2. The molecule has 0 radical (unpaired) electrons. The molecular formula is C16H10Cl2N4S. The Labute approximate surface area is 147 Å². The van der Waals surface area contributed by atoms with Gasteiger partial charge in [-0.2, -0.15) is 9.78 Å². The molecule has 0 saturated heterocycles. The van der Waals surface area contributed by atoms with Crippen LogP contribution in [0.25, 0.3) is 11.4 Å². The van der Waals surface area contributed by atoms with Gasteiger partial charge in [-0.3, -0.25) is 0 Å². The molecule has 3 aromatic rings. The molecule has 0 fully saturated rings. The number of benzene rings is 2. The minimum Gasteiger partial charge on any atom is -0.187 e. The van der Waals surface area contributed by atoms with E-state index in [1.807, 2.05) is 48.5 Å². The molecule has 114 valence electrons. The quantitative estimate of drug-likeness (QED) is 0.670. The van der Waals surface area contributed by atoms with Crippen molar-refractivity contribution in [1.29, 1.82) is 0 Å². The summed E-state index contributed by atoms with van der Waals surface area (Å²) in [5.74, 6) is 1.43. The molecule has 0 amide bonds. The molecule has 0 aliphatic carbocycles. The normalized spacial score (nSPS) is 13.6. The lowest BCUT2D eigenvalue weighted by atomic mass is 10.1. The Morgan fingerprint density at radius 1 is 0.913 bits per heavy atom. The van der Waals surface area contributed by atoms with Gasteiger partial charge in [-0.15, -0.1) is 10.2 Å². The Hall–Kier alpha value is -1.82. The van der Waals surface area contributed by atoms with Crippen LogP contribution in [-0.2, 0) is 0 Å². The maximum Gasteiger partial charge on any atom is 0.212 e. The second-order valence-electron chi connectivity index (χ2n) is 4.97. The third-order valence-corrected chi connectivity index (χ3v) is 4.85. The molecule has 1 aromatic heterocycles. The van der Waals surface area contributed by atoms with Crippen molar-refractivity contribution in [2.45, 2.75) is 5.16 Å². The molecule has 2 heterocycles. The van der Waals surface area contributed by atoms with Crippen molar-refractivity contribution in [3.05, 3.63) is 64.1 Å². The molecular weight excluding hydrogens is 351 g/mol. The minimum atomic E-state index is 0.658. The number of rotatable bonds is 2. The van der Waals surface area contributed by atoms with E-state index in [9.17, 15) is 0 Å². The first-order valence-electron chi connectivity index (χ1n) is 6.89. The van der Waals surface area contributed by atoms with Crippen LogP contribution in [0.1, 0.15) is 5.56 Å². The predicted octanol–water partition coefficient (Wildman–Crippen LogP) is 4.61. The van der Waals surface area contributed by atoms with Crippen molar-refractivity contribution in [2.75, 3.05) is 5.75 Å². The summed E-state index contributed by atoms with van der Waals surface area (Å²) in [7, 11) is 0. The Kier molecular flexibility index (Phi) is 3.85. The SMILES string of the molecule is Clc1ccc(C2=Nn3c(nnc3-c3cccc(Cl)c3)SC2)cc1. The maximum absolute atomic E-state index is 6.07. The smallest absolute Gasteiger partial charge is 0.187 e. The third kappa shape index (κ3) is 2.87. The average molecular weight is 361 g/mol. The summed E-state index contributed by atoms with van der Waals surface area (Å²) >= 11 is 13.6. The second-order valence-corrected chi connectivity index (χ2v) is 6.79. The topological polar surface area (TPSA) is 43.1 Å². The first-order valence-corrected chi connectivity index (χ1v) is 8.63. The van der Waals surface area contributed by atoms with Gasteiger partial charge in [0.15, 0.2) is 5.82 Å². The second kappa shape index (κ2) is 6.00. The fourth-order valence-electron chi connectivity index (χ4n) is 2.32. The van der Waals surface area contributed by atoms with Crippen LogP contribution in [0, 0.1) is 0 Å². The van der Waals surface area contributed by atoms with E-state index in [0.717, 1.165) is 27.7 Å². The van der Waals surface area contributed by atoms with Gasteiger partial charge in [0.25, 0.3) is 0 Å². The van der Waals surface area contributed by atoms with Gasteiger partial charge in [0.1, 0.15) is 0 Å². The Morgan fingerprint density at radius 3 is 2.52 bits per heavy atom. The van der Waals surface area contributed by atoms with E-state index >= 15 is 0 Å². The van der Waals surface area contributed by atoms with Crippen LogP contribution in [0.15, 0.2) is 58.8 Å². The molecule has 1 aliphatic heterocycles. The van der Waals surface area contributed by atoms with Crippen LogP contribution in [0.4, 0.5) is 0 Å². The summed E-state index contributed by atoms with van der Waals surface area (Å²) in [6.45, 7) is 0. The van der Waals surface area contributed by atoms with Gasteiger partial charge in [0, 0.05) is 21.4 Å². The fraction of sp³-hybridized carbons (Fsp3) is 0.0625. The summed E-state index contributed by atoms with van der Waals surface area (Å²) in [5.41, 5.74) is 2.89. The van der Waals surface area contributed by atoms with Crippen LogP contribution in [0.2, 0.25) is 10.0 Å². The lowest BCUT2D eigenvalue weighted by Gasteiger charge is -2.14. The fourth-order valence-corrected chi connectivity index (χ4v) is 3.47. The van der Waals surface area contributed by atoms with Crippen molar-refractivity contribution in [3.8, 4) is 11.4 Å². The van der Waals surface area contributed by atoms with Gasteiger partial charge in [-0.05, 0) is 29.8 Å². The van der Waals surface area contributed by atoms with Crippen LogP contribution in [0.5, 0.6) is 0 Å². The predicted molar refractivity (Wildman–Crippen MR) is 94.6 cm³/mol. The molecule has 0 saturated carbocycles. The van der Waals surface area contributed by atoms with Gasteiger partial charge in [0.2, 0.25) is 5.16 Å². The van der Waals surface area contributed by atoms with Crippen LogP contribution < -0.4 is 0 Å². The van der Waals surface area contributed by atoms with Gasteiger partial charge in [-0.25, -0.2) is 0 Å². The summed E-state index contributed by atoms with van der Waals surface area (Å²) in [6.07, 6.45) is 0. The van der Waals surface area contributed by atoms with Crippen molar-refractivity contribution < 1.29 is 0 Å². The lowest BCUT2D eigenvalue weighted by molar-refractivity contribution is 0.762. The Morgan fingerprint density at radius 2 is 1.74 bits per heavy atom. The number of nitrogens with zero attached hydrogens (tertiary/aromatic N) is 4. The van der Waals surface area contributed by atoms with Crippen LogP contribution in [0.3, 0.4) is 0 Å². The van der Waals surface area contributed by atoms with Crippen molar-refractivity contribution in [2.24, 2.45) is 5.10 Å². The molecule has 0 N–H and O–H groups in total. The number of halogens is 2. The zero-order chi connectivity index (χ0) is 15.8. The Balaban J connectivity index is 1.79. The molecule has 0 atom stereocenters. The zero-order valence-electron chi connectivity index (χ0n) is 11.8. The summed E-state index contributed by atoms with van der Waals surface area (Å²) < 4.78 is 1.77. The Bertz CT molecular complexity index is 903. The van der Waals surface area contributed by atoms with Gasteiger partial charge < -0.3 is 0 Å². The number of fused-ring (bicyclic) bond motifs is 1. The van der Waals surface area contributed by atoms with Crippen LogP contribution >= 0.6 is 35.0 Å². The number of hydrogen-bond acceptors (Lipinski definition) is 4. The van der Waals surface area contributed by atoms with Gasteiger partial charge >= 0.3 is 0 Å². The number of thioether (sulfide) groups is 1. The first kappa shape index (κ1) is 14.8. The van der Waals surface area contributed by atoms with Crippen molar-refractivity contribution in [1.82, 2.24) is 14.9 Å². The van der Waals surface area contributed by atoms with Crippen molar-refractivity contribution >= 4 is 40.7 Å². The van der Waals surface area contributed by atoms with E-state index in [0.29, 0.717) is 15.9 Å². The molecule has 2 aromatic carbocycles. The van der Waals surface area contributed by atoms with E-state index in [1.54, 1.807) is 16.4 Å². The highest BCUT2D eigenvalue weighted by molar-refractivity contribution is 7.99. The summed E-state index contributed by atoms with van der Waals surface area (Å²) in [6, 6.07) is 15.2. The zero-order valence-corrected chi connectivity index (χ0v) is 14.1. The summed E-state index contributed by atoms with van der Waals surface area (Å²) in [4.78, 5) is 0. The molecule has 1 aliphatic rings. The molecule has 23 heavy (non-hydrogen) atoms. The maximum atomic E-state index is 6.07. The monoisotopic (exact) mass is 360 g/mol. The average Bonchev–Trinajstić information content (AvgIpc) is 2.98. The van der Waals surface area contributed by atoms with Gasteiger partial charge in [0.05, 0.1) is 5.71 Å².